The first-order valence-corrected chi connectivity index (χ1v) is 8.03. The van der Waals surface area contributed by atoms with Gasteiger partial charge >= 0.3 is 0 Å². The largest absolute Gasteiger partial charge is 0.380 e. The van der Waals surface area contributed by atoms with E-state index in [1.165, 1.54) is 11.0 Å². The van der Waals surface area contributed by atoms with Crippen LogP contribution in [0.25, 0.3) is 0 Å². The van der Waals surface area contributed by atoms with Crippen molar-refractivity contribution in [1.29, 1.82) is 0 Å². The third kappa shape index (κ3) is 6.35. The van der Waals surface area contributed by atoms with Crippen molar-refractivity contribution in [1.82, 2.24) is 0 Å². The van der Waals surface area contributed by atoms with E-state index in [9.17, 15) is 13.6 Å². The molecule has 6 heteroatoms. The van der Waals surface area contributed by atoms with Gasteiger partial charge < -0.3 is 9.64 Å². The molecule has 2 aromatic rings. The normalized spacial score (nSPS) is 10.2. The molecule has 0 aromatic heterocycles. The average Bonchev–Trinajstić information content (AvgIpc) is 2.59. The number of nitrogens with zero attached hydrogens (tertiary/aromatic N) is 1. The van der Waals surface area contributed by atoms with Crippen LogP contribution < -0.4 is 4.90 Å². The van der Waals surface area contributed by atoms with Crippen molar-refractivity contribution in [2.75, 3.05) is 24.7 Å². The van der Waals surface area contributed by atoms with Crippen LogP contribution in [0, 0.1) is 11.6 Å². The third-order valence-corrected chi connectivity index (χ3v) is 3.57. The second-order valence-corrected chi connectivity index (χ2v) is 5.38. The SMILES string of the molecule is CCCCOCCN(C(=O)c1ccccc1)c1ccc(F)cc1F.[Ti]. The second kappa shape index (κ2) is 11.1. The van der Waals surface area contributed by atoms with Gasteiger partial charge in [-0.1, -0.05) is 31.5 Å². The summed E-state index contributed by atoms with van der Waals surface area (Å²) in [4.78, 5) is 14.0. The van der Waals surface area contributed by atoms with Crippen molar-refractivity contribution < 1.29 is 40.0 Å². The number of hydrogen-bond acceptors (Lipinski definition) is 2. The van der Waals surface area contributed by atoms with E-state index >= 15 is 0 Å². The molecule has 0 aliphatic rings. The van der Waals surface area contributed by atoms with Crippen molar-refractivity contribution in [2.24, 2.45) is 0 Å². The van der Waals surface area contributed by atoms with Crippen molar-refractivity contribution in [3.8, 4) is 0 Å². The molecule has 0 spiro atoms. The molecule has 0 heterocycles. The zero-order valence-corrected chi connectivity index (χ0v) is 15.7. The Morgan fingerprint density at radius 1 is 1.08 bits per heavy atom. The zero-order chi connectivity index (χ0) is 17.4. The molecule has 0 bridgehead atoms. The van der Waals surface area contributed by atoms with Gasteiger partial charge in [0.05, 0.1) is 12.3 Å². The topological polar surface area (TPSA) is 29.5 Å². The summed E-state index contributed by atoms with van der Waals surface area (Å²) in [6, 6.07) is 11.8. The molecule has 0 fully saturated rings. The molecule has 0 radical (unpaired) electrons. The van der Waals surface area contributed by atoms with Crippen LogP contribution >= 0.6 is 0 Å². The number of carbonyl (C=O) groups excluding carboxylic acids is 1. The number of ether oxygens (including phenoxy) is 1. The van der Waals surface area contributed by atoms with Crippen molar-refractivity contribution in [3.05, 3.63) is 65.7 Å². The molecule has 0 atom stereocenters. The smallest absolute Gasteiger partial charge is 0.258 e. The number of benzene rings is 2. The minimum atomic E-state index is -0.771. The number of rotatable bonds is 8. The molecule has 0 N–H and O–H groups in total. The molecule has 0 saturated carbocycles. The van der Waals surface area contributed by atoms with Crippen molar-refractivity contribution >= 4 is 11.6 Å². The molecule has 3 nitrogen and oxygen atoms in total. The van der Waals surface area contributed by atoms with Crippen molar-refractivity contribution in [3.63, 3.8) is 0 Å². The molecule has 0 aliphatic carbocycles. The summed E-state index contributed by atoms with van der Waals surface area (Å²) in [5, 5.41) is 0. The fourth-order valence-corrected chi connectivity index (χ4v) is 2.27. The van der Waals surface area contributed by atoms with Crippen LogP contribution in [-0.4, -0.2) is 25.7 Å². The molecule has 0 unspecified atom stereocenters. The van der Waals surface area contributed by atoms with Gasteiger partial charge in [0.15, 0.2) is 0 Å². The number of hydrogen-bond donors (Lipinski definition) is 0. The Morgan fingerprint density at radius 2 is 1.80 bits per heavy atom. The number of carbonyl (C=O) groups is 1. The van der Waals surface area contributed by atoms with Gasteiger partial charge in [0.25, 0.3) is 5.91 Å². The van der Waals surface area contributed by atoms with Crippen LogP contribution in [0.3, 0.4) is 0 Å². The quantitative estimate of drug-likeness (QED) is 0.500. The summed E-state index contributed by atoms with van der Waals surface area (Å²) in [5.41, 5.74) is 0.485. The van der Waals surface area contributed by atoms with E-state index in [1.807, 2.05) is 0 Å². The van der Waals surface area contributed by atoms with E-state index < -0.39 is 11.6 Å². The van der Waals surface area contributed by atoms with Crippen LogP contribution in [0.2, 0.25) is 0 Å². The first-order valence-electron chi connectivity index (χ1n) is 8.03. The van der Waals surface area contributed by atoms with E-state index in [-0.39, 0.29) is 46.5 Å². The van der Waals surface area contributed by atoms with Crippen LogP contribution in [-0.2, 0) is 26.5 Å². The second-order valence-electron chi connectivity index (χ2n) is 5.38. The Morgan fingerprint density at radius 3 is 2.44 bits per heavy atom. The fraction of sp³-hybridized carbons (Fsp3) is 0.316. The molecule has 25 heavy (non-hydrogen) atoms. The zero-order valence-electron chi connectivity index (χ0n) is 14.2. The minimum Gasteiger partial charge on any atom is -0.380 e. The summed E-state index contributed by atoms with van der Waals surface area (Å²) < 4.78 is 32.8. The molecular weight excluding hydrogens is 360 g/mol. The van der Waals surface area contributed by atoms with Crippen LogP contribution in [0.4, 0.5) is 14.5 Å². The number of amides is 1. The van der Waals surface area contributed by atoms with Crippen LogP contribution in [0.15, 0.2) is 48.5 Å². The number of unbranched alkanes of at least 4 members (excludes halogenated alkanes) is 1. The van der Waals surface area contributed by atoms with E-state index in [2.05, 4.69) is 6.92 Å². The van der Waals surface area contributed by atoms with E-state index in [4.69, 9.17) is 4.74 Å². The van der Waals surface area contributed by atoms with Gasteiger partial charge in [-0.15, -0.1) is 0 Å². The Kier molecular flexibility index (Phi) is 9.57. The van der Waals surface area contributed by atoms with Gasteiger partial charge in [0, 0.05) is 46.5 Å². The maximum Gasteiger partial charge on any atom is 0.258 e. The summed E-state index contributed by atoms with van der Waals surface area (Å²) in [6.07, 6.45) is 1.94. The van der Waals surface area contributed by atoms with Crippen LogP contribution in [0.1, 0.15) is 30.1 Å². The van der Waals surface area contributed by atoms with Gasteiger partial charge in [-0.2, -0.15) is 0 Å². The van der Waals surface area contributed by atoms with Gasteiger partial charge in [-0.25, -0.2) is 8.78 Å². The molecule has 132 valence electrons. The Bertz CT molecular complexity index is 668. The average molecular weight is 381 g/mol. The summed E-state index contributed by atoms with van der Waals surface area (Å²) in [6.45, 7) is 3.13. The molecule has 0 saturated heterocycles. The minimum absolute atomic E-state index is 0. The first kappa shape index (κ1) is 21.5. The number of anilines is 1. The number of halogens is 2. The van der Waals surface area contributed by atoms with Crippen molar-refractivity contribution in [2.45, 2.75) is 19.8 Å². The molecule has 2 rings (SSSR count). The predicted molar refractivity (Wildman–Crippen MR) is 90.2 cm³/mol. The van der Waals surface area contributed by atoms with Crippen LogP contribution in [0.5, 0.6) is 0 Å². The summed E-state index contributed by atoms with van der Waals surface area (Å²) >= 11 is 0. The Balaban J connectivity index is 0.00000312. The predicted octanol–water partition coefficient (Wildman–Crippen LogP) is 4.43. The molecule has 0 aliphatic heterocycles. The molecule has 1 amide bonds. The maximum absolute atomic E-state index is 14.1. The third-order valence-electron chi connectivity index (χ3n) is 3.57. The Labute approximate surface area is 161 Å². The maximum atomic E-state index is 14.1. The van der Waals surface area contributed by atoms with E-state index in [0.717, 1.165) is 25.0 Å². The standard InChI is InChI=1S/C19H21F2NO2.Ti/c1-2-3-12-24-13-11-22(18-10-9-16(20)14-17(18)21)19(23)15-7-5-4-6-8-15;/h4-10,14H,2-3,11-13H2,1H3;. The summed E-state index contributed by atoms with van der Waals surface area (Å²) in [5.74, 6) is -1.80. The molecule has 2 aromatic carbocycles. The van der Waals surface area contributed by atoms with Gasteiger partial charge in [0.2, 0.25) is 0 Å². The van der Waals surface area contributed by atoms with E-state index in [1.54, 1.807) is 30.3 Å². The van der Waals surface area contributed by atoms with Gasteiger partial charge in [0.1, 0.15) is 11.6 Å². The van der Waals surface area contributed by atoms with E-state index in [0.29, 0.717) is 12.2 Å². The fourth-order valence-electron chi connectivity index (χ4n) is 2.27. The monoisotopic (exact) mass is 381 g/mol. The van der Waals surface area contributed by atoms with Gasteiger partial charge in [-0.3, -0.25) is 4.79 Å². The Hall–Kier alpha value is -1.56. The van der Waals surface area contributed by atoms with Gasteiger partial charge in [-0.05, 0) is 30.7 Å². The first-order chi connectivity index (χ1) is 11.6. The molecular formula is C19H21F2NO2Ti. The summed E-state index contributed by atoms with van der Waals surface area (Å²) in [7, 11) is 0.